The number of carbonyl (C=O) groups excluding carboxylic acids is 11. The Morgan fingerprint density at radius 3 is 1.21 bits per heavy atom. The van der Waals surface area contributed by atoms with Gasteiger partial charge in [0.2, 0.25) is 6.08 Å². The number of ether oxygens (including phenoxy) is 3. The van der Waals surface area contributed by atoms with E-state index < -0.39 is 72.1 Å². The van der Waals surface area contributed by atoms with E-state index in [4.69, 9.17) is 52.2 Å². The number of carbonyl (C=O) groups is 14. The van der Waals surface area contributed by atoms with Crippen molar-refractivity contribution in [2.45, 2.75) is 316 Å². The maximum atomic E-state index is 13.7. The van der Waals surface area contributed by atoms with Crippen LogP contribution in [0.25, 0.3) is 0 Å². The number of hydrogen-bond acceptors (Lipinski definition) is 30. The van der Waals surface area contributed by atoms with Crippen molar-refractivity contribution < 1.29 is 146 Å². The van der Waals surface area contributed by atoms with Gasteiger partial charge in [-0.05, 0) is 338 Å². The summed E-state index contributed by atoms with van der Waals surface area (Å²) in [4.78, 5) is 205. The van der Waals surface area contributed by atoms with Gasteiger partial charge < -0.3 is 87.2 Å². The van der Waals surface area contributed by atoms with E-state index in [1.165, 1.54) is 128 Å². The molecule has 16 aliphatic carbocycles. The van der Waals surface area contributed by atoms with Crippen LogP contribution in [0.3, 0.4) is 0 Å². The molecule has 4 aromatic heterocycles. The number of hydrogen-bond donors (Lipinski definition) is 13. The number of carboxylic acid groups (broad SMARTS) is 4. The number of amides is 10. The number of nitrogens with one attached hydrogen (secondary N) is 3. The molecule has 43 heteroatoms. The molecule has 6 heterocycles. The van der Waals surface area contributed by atoms with Crippen LogP contribution in [0.2, 0.25) is 0 Å². The Hall–Kier alpha value is -11.3. The first kappa shape index (κ1) is 119. The molecular formula is C102H147LiN16O26. The van der Waals surface area contributed by atoms with Gasteiger partial charge in [0.1, 0.15) is 35.9 Å². The number of esters is 3. The Labute approximate surface area is 857 Å². The van der Waals surface area contributed by atoms with Crippen LogP contribution in [0.1, 0.15) is 272 Å². The maximum Gasteiger partial charge on any atom is 1.00 e. The van der Waals surface area contributed by atoms with E-state index in [-0.39, 0.29) is 140 Å². The van der Waals surface area contributed by atoms with Gasteiger partial charge in [0, 0.05) is 69.7 Å². The first-order valence-electron chi connectivity index (χ1n) is 50.2. The number of aliphatic imine (C=N–C) groups is 1. The number of methoxy groups -OCH3 is 3. The molecule has 5 atom stereocenters. The van der Waals surface area contributed by atoms with Gasteiger partial charge in [-0.1, -0.05) is 24.3 Å². The molecule has 16 bridgehead atoms. The molecule has 5 unspecified atom stereocenters. The fourth-order valence-corrected chi connectivity index (χ4v) is 26.8. The van der Waals surface area contributed by atoms with Crippen molar-refractivity contribution in [3.63, 3.8) is 0 Å². The number of nitrogens with zero attached hydrogens (tertiary/aromatic N) is 10. The molecule has 18 fully saturated rings. The van der Waals surface area contributed by atoms with Crippen LogP contribution < -0.4 is 52.3 Å². The van der Waals surface area contributed by atoms with Gasteiger partial charge in [-0.2, -0.15) is 4.99 Å². The minimum atomic E-state index is -1.09. The monoisotopic (exact) mass is 2020 g/mol. The molecular weight excluding hydrogens is 1870 g/mol. The zero-order valence-corrected chi connectivity index (χ0v) is 84.0. The van der Waals surface area contributed by atoms with Crippen LogP contribution in [0, 0.1) is 71.0 Å². The Morgan fingerprint density at radius 2 is 0.862 bits per heavy atom. The van der Waals surface area contributed by atoms with E-state index in [0.29, 0.717) is 123 Å². The summed E-state index contributed by atoms with van der Waals surface area (Å²) in [6.07, 6.45) is 40.8. The summed E-state index contributed by atoms with van der Waals surface area (Å²) in [5.41, 5.74) is 13.9. The summed E-state index contributed by atoms with van der Waals surface area (Å²) >= 11 is 0. The number of urea groups is 4. The quantitative estimate of drug-likeness (QED) is 0.00199. The molecule has 22 rings (SSSR count). The number of aldehydes is 1. The van der Waals surface area contributed by atoms with Gasteiger partial charge in [-0.25, -0.2) is 40.1 Å². The summed E-state index contributed by atoms with van der Waals surface area (Å²) < 4.78 is 13.8. The second kappa shape index (κ2) is 57.1. The number of carboxylic acids is 4. The molecule has 2 aliphatic heterocycles. The SMILES string of the molecule is CO.COC(=O)C(CCCC(=O)O)N(Cc1ccccn1)C(=O)NC12CC3CC(CC(C3)C1)C2.COC(=O)CCCC(N)C(=O)OC.NC(CCCC(=O)O)C(=O)O.NO.O=C(NO)NCCCC1C(=O)N(C23CC4CC(CC(C4)C2)C3)C(=O)N1Cc1ccccn1.O=C(O)CCCC1C(=O)N(C23CC4CC(CC(C4)C2)C3)C(=O)N1Cc1ccccn1.O=C=NC12CC3CC(CC(C3)C1)C2.O=Cc1ccccn1.[Li+].[OH-]. The van der Waals surface area contributed by atoms with E-state index in [2.05, 4.69) is 50.9 Å². The van der Waals surface area contributed by atoms with E-state index in [9.17, 15) is 71.9 Å². The number of aromatic nitrogens is 4. The Morgan fingerprint density at radius 1 is 0.497 bits per heavy atom. The van der Waals surface area contributed by atoms with E-state index in [1.54, 1.807) is 74.7 Å². The van der Waals surface area contributed by atoms with Crippen LogP contribution in [0.5, 0.6) is 0 Å². The molecule has 0 radical (unpaired) electrons. The number of rotatable bonds is 35. The Kier molecular flexibility index (Phi) is 46.8. The predicted octanol–water partition coefficient (Wildman–Crippen LogP) is 7.89. The molecule has 18 aliphatic rings. The number of imide groups is 2. The van der Waals surface area contributed by atoms with Gasteiger partial charge in [-0.15, -0.1) is 0 Å². The molecule has 10 amide bonds. The zero-order valence-electron chi connectivity index (χ0n) is 84.0. The van der Waals surface area contributed by atoms with Gasteiger partial charge in [-0.3, -0.25) is 78.1 Å². The fourth-order valence-electron chi connectivity index (χ4n) is 26.8. The molecule has 17 N–H and O–H groups in total. The van der Waals surface area contributed by atoms with Crippen LogP contribution in [-0.4, -0.2) is 263 Å². The minimum Gasteiger partial charge on any atom is -0.870 e. The Bertz CT molecular complexity index is 4810. The van der Waals surface area contributed by atoms with Gasteiger partial charge in [0.05, 0.1) is 74.7 Å². The standard InChI is InChI=1S/C24H33N3O5.C23H31N5O4.C23H29N3O4.C11H15NO.C8H15NO4.C6H11NO4.C6H5NO.CH4O.Li.H3NO.H2O/c1-32-22(30)20(6-4-7-21(28)29)27(15-19-5-2-3-8-25-19)23(31)26-24-12-16-9-17(13-24)11-18(10-16)14-24;29-20-19(5-3-7-25-21(30)26-32)27(14-18-4-1-2-6-24-18)22(31)28(20)23-11-15-8-16(12-23)10-17(9-15)13-23;27-20(28)6-3-5-19-21(29)26(22(30)25(19)14-18-4-1-2-7-24-18)23-11-15-8-16(12-23)10-17(9-15)13-23;13-7-12-11-4-8-1-9(5-11)3-10(2-8)6-11;1-12-7(10)5-3-4-6(9)8(11)13-2;7-4(6(10)11)2-1-3-5(8)9;8-5-6-3-1-2-4-7-6;1-2;;1-2;/h2-3,5,8,16-18,20H,4,6-7,9-15H2,1H3,(H,26,31)(H,28,29);1-2,4,6,15-17,19,32H,3,5,7-14H2,(H2,25,26,30);1-2,4,7,15-17,19H,3,5-6,8-14H2,(H,27,28);8-10H,1-6H2;6H,3-5,9H2,1-2H3;4H,1-3,7H2,(H,8,9)(H,10,11);1-5H;2H,1H3;;2H,1H2;1H2/q;;;;;;;;+1;;/p-1. The molecule has 792 valence electrons. The Balaban J connectivity index is 0.000000215. The number of aliphatic hydroxyl groups is 1. The molecule has 0 aromatic carbocycles. The second-order valence-electron chi connectivity index (χ2n) is 41.4. The second-order valence-corrected chi connectivity index (χ2v) is 41.4. The summed E-state index contributed by atoms with van der Waals surface area (Å²) in [6, 6.07) is 16.9. The van der Waals surface area contributed by atoms with E-state index >= 15 is 0 Å². The van der Waals surface area contributed by atoms with Crippen molar-refractivity contribution in [3.05, 3.63) is 120 Å². The third-order valence-corrected chi connectivity index (χ3v) is 31.0. The van der Waals surface area contributed by atoms with Crippen LogP contribution in [-0.2, 0) is 81.8 Å². The van der Waals surface area contributed by atoms with Crippen molar-refractivity contribution in [1.82, 2.24) is 60.5 Å². The van der Waals surface area contributed by atoms with Gasteiger partial charge in [0.15, 0.2) is 6.29 Å². The third kappa shape index (κ3) is 32.8. The summed E-state index contributed by atoms with van der Waals surface area (Å²) in [6.45, 7) is 1.04. The zero-order chi connectivity index (χ0) is 104. The number of nitrogens with two attached hydrogens (primary N) is 3. The first-order chi connectivity index (χ1) is 68.7. The average Bonchev–Trinajstić information content (AvgIpc) is 1.62. The van der Waals surface area contributed by atoms with Crippen LogP contribution in [0.4, 0.5) is 19.2 Å². The van der Waals surface area contributed by atoms with Crippen molar-refractivity contribution in [2.75, 3.05) is 35.0 Å². The van der Waals surface area contributed by atoms with Gasteiger partial charge in [0.25, 0.3) is 11.8 Å². The average molecular weight is 2020 g/mol. The summed E-state index contributed by atoms with van der Waals surface area (Å²) in [5.74, 6) is 6.64. The van der Waals surface area contributed by atoms with Crippen LogP contribution in [0.15, 0.2) is 103 Å². The van der Waals surface area contributed by atoms with Crippen molar-refractivity contribution in [2.24, 2.45) is 93.4 Å². The topological polar surface area (TPSA) is 650 Å². The number of aliphatic hydroxyl groups excluding tert-OH is 1. The molecule has 145 heavy (non-hydrogen) atoms. The van der Waals surface area contributed by atoms with Gasteiger partial charge >= 0.3 is 84.8 Å². The number of hydroxylamine groups is 1. The van der Waals surface area contributed by atoms with Crippen molar-refractivity contribution in [1.29, 1.82) is 0 Å². The molecule has 42 nitrogen and oxygen atoms in total. The largest absolute Gasteiger partial charge is 1.00 e. The number of aliphatic carboxylic acids is 4. The molecule has 4 aromatic rings. The summed E-state index contributed by atoms with van der Waals surface area (Å²) in [5, 5.41) is 62.5. The third-order valence-electron chi connectivity index (χ3n) is 31.0. The first-order valence-corrected chi connectivity index (χ1v) is 50.2. The molecule has 0 spiro atoms. The number of pyridine rings is 4. The smallest absolute Gasteiger partial charge is 0.870 e. The number of isocyanates is 1. The van der Waals surface area contributed by atoms with E-state index in [0.717, 1.165) is 100 Å². The normalized spacial score (nSPS) is 28.1. The maximum absolute atomic E-state index is 13.7. The van der Waals surface area contributed by atoms with Crippen molar-refractivity contribution in [3.8, 4) is 0 Å². The predicted molar refractivity (Wildman–Crippen MR) is 517 cm³/mol. The van der Waals surface area contributed by atoms with Crippen molar-refractivity contribution >= 4 is 90.1 Å². The van der Waals surface area contributed by atoms with E-state index in [1.807, 2.05) is 48.5 Å². The fraction of sp³-hybridized carbons (Fsp3) is 0.657. The minimum absolute atomic E-state index is 0. The molecule has 16 saturated carbocycles. The molecule has 2 saturated heterocycles. The van der Waals surface area contributed by atoms with Crippen LogP contribution >= 0.6 is 0 Å². The summed E-state index contributed by atoms with van der Waals surface area (Å²) in [7, 11) is 4.90.